The molecule has 4 aromatic carbocycles. The molecule has 0 aliphatic rings. The molecule has 4 rings (SSSR count). The summed E-state index contributed by atoms with van der Waals surface area (Å²) in [5.41, 5.74) is 3.85. The molecular formula is C35H38BrN3O4S. The number of rotatable bonds is 13. The lowest BCUT2D eigenvalue weighted by Crippen LogP contribution is -2.53. The van der Waals surface area contributed by atoms with Crippen molar-refractivity contribution >= 4 is 43.5 Å². The summed E-state index contributed by atoms with van der Waals surface area (Å²) in [7, 11) is -4.13. The van der Waals surface area contributed by atoms with Crippen molar-refractivity contribution in [3.63, 3.8) is 0 Å². The fourth-order valence-corrected chi connectivity index (χ4v) is 6.53. The van der Waals surface area contributed by atoms with Crippen molar-refractivity contribution in [2.24, 2.45) is 0 Å². The summed E-state index contributed by atoms with van der Waals surface area (Å²) in [4.78, 5) is 29.7. The minimum atomic E-state index is -4.13. The third kappa shape index (κ3) is 8.57. The maximum atomic E-state index is 14.5. The third-order valence-corrected chi connectivity index (χ3v) is 9.58. The second kappa shape index (κ2) is 15.2. The molecule has 0 fully saturated rings. The highest BCUT2D eigenvalue weighted by atomic mass is 79.9. The Morgan fingerprint density at radius 2 is 1.50 bits per heavy atom. The lowest BCUT2D eigenvalue weighted by atomic mass is 10.0. The number of hydrogen-bond acceptors (Lipinski definition) is 4. The van der Waals surface area contributed by atoms with Crippen molar-refractivity contribution in [3.8, 4) is 0 Å². The quantitative estimate of drug-likeness (QED) is 0.177. The lowest BCUT2D eigenvalue weighted by molar-refractivity contribution is -0.140. The molecule has 0 heterocycles. The Morgan fingerprint density at radius 1 is 0.818 bits per heavy atom. The normalized spacial score (nSPS) is 11.9. The van der Waals surface area contributed by atoms with Crippen LogP contribution in [0.3, 0.4) is 0 Å². The molecule has 0 saturated carbocycles. The van der Waals surface area contributed by atoms with E-state index in [2.05, 4.69) is 21.2 Å². The van der Waals surface area contributed by atoms with Gasteiger partial charge in [0.05, 0.1) is 10.6 Å². The van der Waals surface area contributed by atoms with E-state index in [9.17, 15) is 18.0 Å². The van der Waals surface area contributed by atoms with E-state index in [-0.39, 0.29) is 23.8 Å². The molecule has 9 heteroatoms. The SMILES string of the molecule is CCCNC(=O)[C@H](Cc1ccccc1)N(Cc1ccc(Br)cc1)C(=O)CN(c1cccc(C)c1)S(=O)(=O)c1ccc(C)cc1. The second-order valence-electron chi connectivity index (χ2n) is 10.8. The molecule has 230 valence electrons. The highest BCUT2D eigenvalue weighted by molar-refractivity contribution is 9.10. The van der Waals surface area contributed by atoms with Gasteiger partial charge in [0.15, 0.2) is 0 Å². The van der Waals surface area contributed by atoms with Gasteiger partial charge in [-0.2, -0.15) is 0 Å². The molecule has 0 radical (unpaired) electrons. The highest BCUT2D eigenvalue weighted by Gasteiger charge is 2.34. The van der Waals surface area contributed by atoms with Crippen LogP contribution in [0, 0.1) is 13.8 Å². The van der Waals surface area contributed by atoms with Gasteiger partial charge in [-0.15, -0.1) is 0 Å². The second-order valence-corrected chi connectivity index (χ2v) is 13.6. The largest absolute Gasteiger partial charge is 0.354 e. The van der Waals surface area contributed by atoms with Crippen LogP contribution in [0.1, 0.15) is 35.6 Å². The van der Waals surface area contributed by atoms with Gasteiger partial charge in [0.1, 0.15) is 12.6 Å². The van der Waals surface area contributed by atoms with Crippen LogP contribution in [-0.2, 0) is 32.6 Å². The smallest absolute Gasteiger partial charge is 0.264 e. The first kappa shape index (κ1) is 33.0. The summed E-state index contributed by atoms with van der Waals surface area (Å²) in [5, 5.41) is 2.96. The molecule has 0 aromatic heterocycles. The van der Waals surface area contributed by atoms with E-state index in [4.69, 9.17) is 0 Å². The average molecular weight is 677 g/mol. The number of hydrogen-bond donors (Lipinski definition) is 1. The topological polar surface area (TPSA) is 86.8 Å². The molecule has 0 unspecified atom stereocenters. The standard InChI is InChI=1S/C35H38BrN3O4S/c1-4-21-37-35(41)33(23-28-10-6-5-7-11-28)38(24-29-15-17-30(36)18-16-29)34(40)25-39(31-12-8-9-27(3)22-31)44(42,43)32-19-13-26(2)14-20-32/h5-20,22,33H,4,21,23-25H2,1-3H3,(H,37,41)/t33-/m0/s1. The molecular weight excluding hydrogens is 638 g/mol. The van der Waals surface area contributed by atoms with Crippen LogP contribution in [0.2, 0.25) is 0 Å². The Kier molecular flexibility index (Phi) is 11.4. The van der Waals surface area contributed by atoms with Gasteiger partial charge < -0.3 is 10.2 Å². The molecule has 44 heavy (non-hydrogen) atoms. The van der Waals surface area contributed by atoms with Crippen molar-refractivity contribution in [2.45, 2.75) is 51.1 Å². The zero-order chi connectivity index (χ0) is 31.7. The molecule has 1 atom stereocenters. The number of carbonyl (C=O) groups excluding carboxylic acids is 2. The summed E-state index contributed by atoms with van der Waals surface area (Å²) < 4.78 is 30.3. The fourth-order valence-electron chi connectivity index (χ4n) is 4.86. The lowest BCUT2D eigenvalue weighted by Gasteiger charge is -2.34. The van der Waals surface area contributed by atoms with E-state index >= 15 is 0 Å². The van der Waals surface area contributed by atoms with E-state index in [0.29, 0.717) is 12.2 Å². The maximum Gasteiger partial charge on any atom is 0.264 e. The van der Waals surface area contributed by atoms with Crippen molar-refractivity contribution in [1.82, 2.24) is 10.2 Å². The number of halogens is 1. The van der Waals surface area contributed by atoms with E-state index in [1.165, 1.54) is 4.90 Å². The van der Waals surface area contributed by atoms with Crippen molar-refractivity contribution in [3.05, 3.63) is 130 Å². The van der Waals surface area contributed by atoms with Gasteiger partial charge in [-0.3, -0.25) is 13.9 Å². The average Bonchev–Trinajstić information content (AvgIpc) is 3.01. The van der Waals surface area contributed by atoms with Crippen LogP contribution in [0.25, 0.3) is 0 Å². The first-order valence-electron chi connectivity index (χ1n) is 14.6. The molecule has 0 aliphatic carbocycles. The van der Waals surface area contributed by atoms with Gasteiger partial charge in [0.2, 0.25) is 11.8 Å². The Hall–Kier alpha value is -3.95. The summed E-state index contributed by atoms with van der Waals surface area (Å²) in [6, 6.07) is 29.8. The number of benzene rings is 4. The summed E-state index contributed by atoms with van der Waals surface area (Å²) in [6.07, 6.45) is 1.01. The van der Waals surface area contributed by atoms with E-state index in [0.717, 1.165) is 37.5 Å². The molecule has 0 aliphatic heterocycles. The number of carbonyl (C=O) groups is 2. The van der Waals surface area contributed by atoms with E-state index in [1.54, 1.807) is 42.5 Å². The van der Waals surface area contributed by atoms with Gasteiger partial charge in [0.25, 0.3) is 10.0 Å². The monoisotopic (exact) mass is 675 g/mol. The van der Waals surface area contributed by atoms with Crippen molar-refractivity contribution in [1.29, 1.82) is 0 Å². The summed E-state index contributed by atoms with van der Waals surface area (Å²) in [5.74, 6) is -0.776. The zero-order valence-corrected chi connectivity index (χ0v) is 27.6. The molecule has 2 amide bonds. The van der Waals surface area contributed by atoms with Gasteiger partial charge in [-0.25, -0.2) is 8.42 Å². The number of sulfonamides is 1. The number of nitrogens with one attached hydrogen (secondary N) is 1. The molecule has 0 spiro atoms. The van der Waals surface area contributed by atoms with Crippen molar-refractivity contribution < 1.29 is 18.0 Å². The first-order chi connectivity index (χ1) is 21.1. The van der Waals surface area contributed by atoms with Crippen molar-refractivity contribution in [2.75, 3.05) is 17.4 Å². The fraction of sp³-hybridized carbons (Fsp3) is 0.257. The maximum absolute atomic E-state index is 14.5. The molecule has 1 N–H and O–H groups in total. The predicted octanol–water partition coefficient (Wildman–Crippen LogP) is 6.43. The molecule has 0 bridgehead atoms. The predicted molar refractivity (Wildman–Crippen MR) is 179 cm³/mol. The number of nitrogens with zero attached hydrogens (tertiary/aromatic N) is 2. The Morgan fingerprint density at radius 3 is 2.14 bits per heavy atom. The molecule has 7 nitrogen and oxygen atoms in total. The molecule has 0 saturated heterocycles. The van der Waals surface area contributed by atoms with Gasteiger partial charge in [-0.05, 0) is 73.4 Å². The van der Waals surface area contributed by atoms with Crippen LogP contribution in [0.4, 0.5) is 5.69 Å². The van der Waals surface area contributed by atoms with E-state index < -0.39 is 28.5 Å². The van der Waals surface area contributed by atoms with Gasteiger partial charge in [-0.1, -0.05) is 95.1 Å². The zero-order valence-electron chi connectivity index (χ0n) is 25.2. The van der Waals surface area contributed by atoms with Gasteiger partial charge >= 0.3 is 0 Å². The highest BCUT2D eigenvalue weighted by Crippen LogP contribution is 2.26. The van der Waals surface area contributed by atoms with Gasteiger partial charge in [0, 0.05) is 24.0 Å². The third-order valence-electron chi connectivity index (χ3n) is 7.26. The number of amides is 2. The van der Waals surface area contributed by atoms with Crippen LogP contribution in [0.15, 0.2) is 112 Å². The first-order valence-corrected chi connectivity index (χ1v) is 16.8. The minimum Gasteiger partial charge on any atom is -0.354 e. The Bertz CT molecular complexity index is 1660. The van der Waals surface area contributed by atoms with E-state index in [1.807, 2.05) is 81.4 Å². The summed E-state index contributed by atoms with van der Waals surface area (Å²) in [6.45, 7) is 5.82. The Labute approximate surface area is 269 Å². The van der Waals surface area contributed by atoms with Crippen LogP contribution >= 0.6 is 15.9 Å². The number of anilines is 1. The van der Waals surface area contributed by atoms with Crippen LogP contribution in [-0.4, -0.2) is 44.3 Å². The minimum absolute atomic E-state index is 0.0818. The molecule has 4 aromatic rings. The Balaban J connectivity index is 1.79. The van der Waals surface area contributed by atoms with Crippen LogP contribution < -0.4 is 9.62 Å². The van der Waals surface area contributed by atoms with Crippen LogP contribution in [0.5, 0.6) is 0 Å². The summed E-state index contributed by atoms with van der Waals surface area (Å²) >= 11 is 3.46. The number of aryl methyl sites for hydroxylation is 2.